The summed E-state index contributed by atoms with van der Waals surface area (Å²) in [7, 11) is 0. The first-order valence-electron chi connectivity index (χ1n) is 6.75. The Hall–Kier alpha value is -2.26. The highest BCUT2D eigenvalue weighted by Gasteiger charge is 2.11. The van der Waals surface area contributed by atoms with Crippen molar-refractivity contribution in [3.05, 3.63) is 71.7 Å². The van der Waals surface area contributed by atoms with Crippen LogP contribution in [0.25, 0.3) is 10.9 Å². The molecule has 2 heterocycles. The molecule has 1 unspecified atom stereocenters. The lowest BCUT2D eigenvalue weighted by molar-refractivity contribution is 0.698. The quantitative estimate of drug-likeness (QED) is 0.789. The first-order chi connectivity index (χ1) is 9.74. The third kappa shape index (κ3) is 2.53. The molecule has 0 fully saturated rings. The molecule has 2 N–H and O–H groups in total. The van der Waals surface area contributed by atoms with E-state index in [1.165, 1.54) is 16.5 Å². The Balaban J connectivity index is 1.93. The minimum absolute atomic E-state index is 0.0966. The molecule has 3 heteroatoms. The lowest BCUT2D eigenvalue weighted by Gasteiger charge is -2.13. The molecule has 2 aromatic heterocycles. The Morgan fingerprint density at radius 1 is 1.10 bits per heavy atom. The summed E-state index contributed by atoms with van der Waals surface area (Å²) < 4.78 is 0. The van der Waals surface area contributed by atoms with E-state index in [1.807, 2.05) is 30.3 Å². The van der Waals surface area contributed by atoms with Crippen molar-refractivity contribution in [1.82, 2.24) is 9.97 Å². The first-order valence-corrected chi connectivity index (χ1v) is 6.75. The van der Waals surface area contributed by atoms with Gasteiger partial charge in [-0.3, -0.25) is 9.97 Å². The molecule has 3 rings (SSSR count). The minimum atomic E-state index is -0.0966. The largest absolute Gasteiger partial charge is 0.322 e. The normalized spacial score (nSPS) is 12.5. The number of aromatic nitrogens is 2. The molecule has 0 radical (unpaired) electrons. The van der Waals surface area contributed by atoms with Crippen molar-refractivity contribution in [1.29, 1.82) is 0 Å². The van der Waals surface area contributed by atoms with E-state index in [4.69, 9.17) is 10.7 Å². The minimum Gasteiger partial charge on any atom is -0.322 e. The summed E-state index contributed by atoms with van der Waals surface area (Å²) in [5.74, 6) is 0. The summed E-state index contributed by atoms with van der Waals surface area (Å²) >= 11 is 0. The van der Waals surface area contributed by atoms with Crippen molar-refractivity contribution >= 4 is 10.9 Å². The van der Waals surface area contributed by atoms with E-state index in [9.17, 15) is 0 Å². The maximum Gasteiger partial charge on any atom is 0.0708 e. The van der Waals surface area contributed by atoms with E-state index in [1.54, 1.807) is 12.4 Å². The molecule has 1 aromatic carbocycles. The molecule has 0 saturated carbocycles. The van der Waals surface area contributed by atoms with Gasteiger partial charge in [0.25, 0.3) is 0 Å². The van der Waals surface area contributed by atoms with Crippen LogP contribution < -0.4 is 5.73 Å². The highest BCUT2D eigenvalue weighted by molar-refractivity contribution is 5.82. The molecular formula is C17H17N3. The van der Waals surface area contributed by atoms with Crippen LogP contribution in [-0.4, -0.2) is 9.97 Å². The van der Waals surface area contributed by atoms with E-state index in [-0.39, 0.29) is 6.04 Å². The fourth-order valence-electron chi connectivity index (χ4n) is 2.44. The molecule has 0 spiro atoms. The highest BCUT2D eigenvalue weighted by atomic mass is 14.8. The molecule has 20 heavy (non-hydrogen) atoms. The third-order valence-corrected chi connectivity index (χ3v) is 3.53. The van der Waals surface area contributed by atoms with Gasteiger partial charge < -0.3 is 5.73 Å². The second kappa shape index (κ2) is 5.39. The fourth-order valence-corrected chi connectivity index (χ4v) is 2.44. The van der Waals surface area contributed by atoms with Crippen LogP contribution in [0.5, 0.6) is 0 Å². The summed E-state index contributed by atoms with van der Waals surface area (Å²) in [4.78, 5) is 8.72. The number of fused-ring (bicyclic) bond motifs is 1. The van der Waals surface area contributed by atoms with Crippen LogP contribution in [0.3, 0.4) is 0 Å². The fraction of sp³-hybridized carbons (Fsp3) is 0.176. The van der Waals surface area contributed by atoms with Gasteiger partial charge in [-0.2, -0.15) is 0 Å². The molecule has 3 nitrogen and oxygen atoms in total. The van der Waals surface area contributed by atoms with Crippen molar-refractivity contribution in [2.45, 2.75) is 19.4 Å². The standard InChI is InChI=1S/C17H17N3/c1-12-10-17(20-16-5-3-2-4-14(12)16)15(18)11-13-6-8-19-9-7-13/h2-10,15H,11,18H2,1H3. The molecule has 100 valence electrons. The van der Waals surface area contributed by atoms with Gasteiger partial charge in [-0.25, -0.2) is 0 Å². The third-order valence-electron chi connectivity index (χ3n) is 3.53. The summed E-state index contributed by atoms with van der Waals surface area (Å²) in [6.07, 6.45) is 4.36. The van der Waals surface area contributed by atoms with Gasteiger partial charge in [0.05, 0.1) is 17.3 Å². The molecule has 0 aliphatic carbocycles. The van der Waals surface area contributed by atoms with Gasteiger partial charge in [0.2, 0.25) is 0 Å². The average molecular weight is 263 g/mol. The monoisotopic (exact) mass is 263 g/mol. The molecule has 3 aromatic rings. The Labute approximate surface area is 118 Å². The first kappa shape index (κ1) is 12.8. The van der Waals surface area contributed by atoms with Crippen molar-refractivity contribution in [3.63, 3.8) is 0 Å². The zero-order chi connectivity index (χ0) is 13.9. The van der Waals surface area contributed by atoms with Crippen LogP contribution in [0.2, 0.25) is 0 Å². The molecule has 0 amide bonds. The van der Waals surface area contributed by atoms with Crippen LogP contribution in [0.15, 0.2) is 54.9 Å². The maximum atomic E-state index is 6.30. The molecule has 1 atom stereocenters. The molecular weight excluding hydrogens is 246 g/mol. The Morgan fingerprint density at radius 3 is 2.65 bits per heavy atom. The summed E-state index contributed by atoms with van der Waals surface area (Å²) in [6, 6.07) is 14.2. The van der Waals surface area contributed by atoms with Gasteiger partial charge in [-0.15, -0.1) is 0 Å². The number of hydrogen-bond donors (Lipinski definition) is 1. The molecule has 0 saturated heterocycles. The Kier molecular flexibility index (Phi) is 3.44. The molecule has 0 aliphatic heterocycles. The number of rotatable bonds is 3. The van der Waals surface area contributed by atoms with Crippen molar-refractivity contribution in [2.75, 3.05) is 0 Å². The van der Waals surface area contributed by atoms with Crippen LogP contribution >= 0.6 is 0 Å². The summed E-state index contributed by atoms with van der Waals surface area (Å²) in [5, 5.41) is 1.19. The Bertz CT molecular complexity index is 723. The highest BCUT2D eigenvalue weighted by Crippen LogP contribution is 2.21. The predicted molar refractivity (Wildman–Crippen MR) is 81.3 cm³/mol. The maximum absolute atomic E-state index is 6.30. The number of hydrogen-bond acceptors (Lipinski definition) is 3. The SMILES string of the molecule is Cc1cc(C(N)Cc2ccncc2)nc2ccccc12. The second-order valence-corrected chi connectivity index (χ2v) is 5.05. The zero-order valence-electron chi connectivity index (χ0n) is 11.5. The number of para-hydroxylation sites is 1. The molecule has 0 bridgehead atoms. The lowest BCUT2D eigenvalue weighted by Crippen LogP contribution is -2.15. The lowest BCUT2D eigenvalue weighted by atomic mass is 10.0. The van der Waals surface area contributed by atoms with E-state index in [0.717, 1.165) is 17.6 Å². The zero-order valence-corrected chi connectivity index (χ0v) is 11.5. The molecule has 0 aliphatic rings. The van der Waals surface area contributed by atoms with Crippen LogP contribution in [0.4, 0.5) is 0 Å². The van der Waals surface area contributed by atoms with Gasteiger partial charge in [0.1, 0.15) is 0 Å². The van der Waals surface area contributed by atoms with Gasteiger partial charge in [0, 0.05) is 17.8 Å². The van der Waals surface area contributed by atoms with Gasteiger partial charge in [-0.1, -0.05) is 18.2 Å². The average Bonchev–Trinajstić information content (AvgIpc) is 2.48. The van der Waals surface area contributed by atoms with E-state index < -0.39 is 0 Å². The van der Waals surface area contributed by atoms with Crippen LogP contribution in [-0.2, 0) is 6.42 Å². The smallest absolute Gasteiger partial charge is 0.0708 e. The van der Waals surface area contributed by atoms with Crippen molar-refractivity contribution in [2.24, 2.45) is 5.73 Å². The van der Waals surface area contributed by atoms with Gasteiger partial charge in [-0.05, 0) is 48.7 Å². The topological polar surface area (TPSA) is 51.8 Å². The van der Waals surface area contributed by atoms with Crippen molar-refractivity contribution < 1.29 is 0 Å². The van der Waals surface area contributed by atoms with Crippen LogP contribution in [0, 0.1) is 6.92 Å². The van der Waals surface area contributed by atoms with E-state index >= 15 is 0 Å². The summed E-state index contributed by atoms with van der Waals surface area (Å²) in [6.45, 7) is 2.10. The number of nitrogens with two attached hydrogens (primary N) is 1. The van der Waals surface area contributed by atoms with Gasteiger partial charge >= 0.3 is 0 Å². The number of pyridine rings is 2. The van der Waals surface area contributed by atoms with Crippen molar-refractivity contribution in [3.8, 4) is 0 Å². The van der Waals surface area contributed by atoms with E-state index in [2.05, 4.69) is 24.0 Å². The second-order valence-electron chi connectivity index (χ2n) is 5.05. The summed E-state index contributed by atoms with van der Waals surface area (Å²) in [5.41, 5.74) is 10.7. The van der Waals surface area contributed by atoms with E-state index in [0.29, 0.717) is 0 Å². The van der Waals surface area contributed by atoms with Gasteiger partial charge in [0.15, 0.2) is 0 Å². The number of benzene rings is 1. The van der Waals surface area contributed by atoms with Crippen LogP contribution in [0.1, 0.15) is 22.9 Å². The Morgan fingerprint density at radius 2 is 1.85 bits per heavy atom. The number of aryl methyl sites for hydroxylation is 1. The predicted octanol–water partition coefficient (Wildman–Crippen LogP) is 3.18. The number of nitrogens with zero attached hydrogens (tertiary/aromatic N) is 2.